The molecule has 0 radical (unpaired) electrons. The maximum absolute atomic E-state index is 12.2. The molecule has 0 amide bonds. The molecule has 3 atom stereocenters. The van der Waals surface area contributed by atoms with E-state index in [1.54, 1.807) is 0 Å². The monoisotopic (exact) mass is 409 g/mol. The summed E-state index contributed by atoms with van der Waals surface area (Å²) < 4.78 is 12.8. The summed E-state index contributed by atoms with van der Waals surface area (Å²) in [6, 6.07) is 8.32. The van der Waals surface area contributed by atoms with Crippen molar-refractivity contribution in [3.8, 4) is 0 Å². The van der Waals surface area contributed by atoms with Crippen molar-refractivity contribution in [3.63, 3.8) is 0 Å². The first-order valence-corrected chi connectivity index (χ1v) is 9.89. The van der Waals surface area contributed by atoms with Crippen molar-refractivity contribution in [2.24, 2.45) is 11.8 Å². The molecular weight excluding hydrogens is 382 g/mol. The number of esters is 1. The third-order valence-corrected chi connectivity index (χ3v) is 5.78. The molecule has 1 aromatic carbocycles. The number of carbonyl (C=O) groups is 1. The number of hydrogen-bond donors (Lipinski definition) is 1. The van der Waals surface area contributed by atoms with Crippen molar-refractivity contribution in [2.75, 3.05) is 19.7 Å². The summed E-state index contributed by atoms with van der Waals surface area (Å²) in [4.78, 5) is 12.2. The minimum Gasteiger partial charge on any atom is -0.458 e. The maximum Gasteiger partial charge on any atom is 0.332 e. The average Bonchev–Trinajstić information content (AvgIpc) is 2.99. The van der Waals surface area contributed by atoms with Crippen LogP contribution >= 0.6 is 15.9 Å². The Balaban J connectivity index is 1.77. The van der Waals surface area contributed by atoms with Crippen LogP contribution in [0.25, 0.3) is 0 Å². The van der Waals surface area contributed by atoms with Gasteiger partial charge in [0.05, 0.1) is 5.60 Å². The summed E-state index contributed by atoms with van der Waals surface area (Å²) in [5, 5.41) is 3.50. The number of benzene rings is 1. The number of halogens is 1. The molecule has 4 nitrogen and oxygen atoms in total. The highest BCUT2D eigenvalue weighted by molar-refractivity contribution is 9.10. The van der Waals surface area contributed by atoms with Crippen LogP contribution in [0, 0.1) is 11.8 Å². The number of ether oxygens (including phenoxy) is 2. The van der Waals surface area contributed by atoms with Gasteiger partial charge < -0.3 is 14.8 Å². The largest absolute Gasteiger partial charge is 0.458 e. The first kappa shape index (κ1) is 18.9. The van der Waals surface area contributed by atoms with Crippen LogP contribution in [0.1, 0.15) is 45.6 Å². The SMILES string of the molecule is CC(C)(C)OC(=O)COC1(c2ccc(Br)cc2)CCC2CNCC2C1. The molecule has 1 aliphatic carbocycles. The van der Waals surface area contributed by atoms with Crippen LogP contribution in [-0.4, -0.2) is 31.3 Å². The molecule has 1 aliphatic heterocycles. The first-order valence-electron chi connectivity index (χ1n) is 9.10. The van der Waals surface area contributed by atoms with Gasteiger partial charge in [-0.3, -0.25) is 0 Å². The third kappa shape index (κ3) is 4.63. The second-order valence-corrected chi connectivity index (χ2v) is 9.21. The highest BCUT2D eigenvalue weighted by atomic mass is 79.9. The number of nitrogens with one attached hydrogen (secondary N) is 1. The van der Waals surface area contributed by atoms with Gasteiger partial charge in [-0.15, -0.1) is 0 Å². The predicted octanol–water partition coefficient (Wildman–Crippen LogP) is 4.02. The van der Waals surface area contributed by atoms with E-state index in [1.807, 2.05) is 32.9 Å². The van der Waals surface area contributed by atoms with Gasteiger partial charge in [-0.05, 0) is 82.7 Å². The fourth-order valence-electron chi connectivity index (χ4n) is 4.11. The van der Waals surface area contributed by atoms with Gasteiger partial charge in [0.1, 0.15) is 12.2 Å². The number of carbonyl (C=O) groups excluding carboxylic acids is 1. The van der Waals surface area contributed by atoms with Gasteiger partial charge in [-0.1, -0.05) is 28.1 Å². The lowest BCUT2D eigenvalue weighted by molar-refractivity contribution is -0.172. The molecule has 1 N–H and O–H groups in total. The molecule has 3 rings (SSSR count). The van der Waals surface area contributed by atoms with Gasteiger partial charge in [0.25, 0.3) is 0 Å². The summed E-state index contributed by atoms with van der Waals surface area (Å²) >= 11 is 3.50. The summed E-state index contributed by atoms with van der Waals surface area (Å²) in [5.74, 6) is 1.04. The van der Waals surface area contributed by atoms with Crippen LogP contribution in [0.5, 0.6) is 0 Å². The van der Waals surface area contributed by atoms with Crippen LogP contribution in [0.4, 0.5) is 0 Å². The molecule has 5 heteroatoms. The fourth-order valence-corrected chi connectivity index (χ4v) is 4.37. The van der Waals surface area contributed by atoms with Crippen LogP contribution in [0.3, 0.4) is 0 Å². The van der Waals surface area contributed by atoms with Crippen molar-refractivity contribution in [1.29, 1.82) is 0 Å². The molecule has 2 fully saturated rings. The third-order valence-electron chi connectivity index (χ3n) is 5.25. The van der Waals surface area contributed by atoms with E-state index in [-0.39, 0.29) is 12.6 Å². The smallest absolute Gasteiger partial charge is 0.332 e. The Morgan fingerprint density at radius 3 is 2.60 bits per heavy atom. The number of fused-ring (bicyclic) bond motifs is 1. The van der Waals surface area contributed by atoms with Gasteiger partial charge in [0, 0.05) is 4.47 Å². The second kappa shape index (κ2) is 7.37. The molecule has 3 unspecified atom stereocenters. The highest BCUT2D eigenvalue weighted by Gasteiger charge is 2.45. The van der Waals surface area contributed by atoms with Crippen molar-refractivity contribution in [3.05, 3.63) is 34.3 Å². The van der Waals surface area contributed by atoms with Gasteiger partial charge in [0.2, 0.25) is 0 Å². The second-order valence-electron chi connectivity index (χ2n) is 8.30. The van der Waals surface area contributed by atoms with Crippen LogP contribution < -0.4 is 5.32 Å². The highest BCUT2D eigenvalue weighted by Crippen LogP contribution is 2.46. The van der Waals surface area contributed by atoms with Gasteiger partial charge in [-0.25, -0.2) is 4.79 Å². The fraction of sp³-hybridized carbons (Fsp3) is 0.650. The molecule has 0 spiro atoms. The quantitative estimate of drug-likeness (QED) is 0.762. The van der Waals surface area contributed by atoms with Crippen molar-refractivity contribution in [2.45, 2.75) is 51.2 Å². The van der Waals surface area contributed by atoms with Crippen molar-refractivity contribution < 1.29 is 14.3 Å². The molecule has 0 aromatic heterocycles. The van der Waals surface area contributed by atoms with Crippen molar-refractivity contribution >= 4 is 21.9 Å². The molecule has 25 heavy (non-hydrogen) atoms. The maximum atomic E-state index is 12.2. The Bertz CT molecular complexity index is 610. The van der Waals surface area contributed by atoms with E-state index in [4.69, 9.17) is 9.47 Å². The molecular formula is C20H28BrNO3. The standard InChI is InChI=1S/C20H28BrNO3/c1-19(2,3)25-18(23)13-24-20(16-4-6-17(21)7-5-16)9-8-14-11-22-12-15(14)10-20/h4-7,14-15,22H,8-13H2,1-3H3. The van der Waals surface area contributed by atoms with E-state index >= 15 is 0 Å². The van der Waals surface area contributed by atoms with E-state index in [0.29, 0.717) is 5.92 Å². The number of hydrogen-bond acceptors (Lipinski definition) is 4. The van der Waals surface area contributed by atoms with E-state index in [0.717, 1.165) is 48.3 Å². The van der Waals surface area contributed by atoms with Gasteiger partial charge >= 0.3 is 5.97 Å². The first-order chi connectivity index (χ1) is 11.8. The zero-order valence-electron chi connectivity index (χ0n) is 15.3. The molecule has 1 aromatic rings. The van der Waals surface area contributed by atoms with E-state index in [9.17, 15) is 4.79 Å². The Morgan fingerprint density at radius 1 is 1.24 bits per heavy atom. The summed E-state index contributed by atoms with van der Waals surface area (Å²) in [5.41, 5.74) is 0.271. The minimum atomic E-state index is -0.488. The Hall–Kier alpha value is -0.910. The average molecular weight is 410 g/mol. The Labute approximate surface area is 158 Å². The number of rotatable bonds is 4. The summed E-state index contributed by atoms with van der Waals surface area (Å²) in [7, 11) is 0. The van der Waals surface area contributed by atoms with Crippen LogP contribution in [-0.2, 0) is 19.9 Å². The zero-order chi connectivity index (χ0) is 18.1. The van der Waals surface area contributed by atoms with Gasteiger partial charge in [-0.2, -0.15) is 0 Å². The van der Waals surface area contributed by atoms with E-state index in [2.05, 4.69) is 33.4 Å². The lowest BCUT2D eigenvalue weighted by Crippen LogP contribution is -2.41. The van der Waals surface area contributed by atoms with Crippen molar-refractivity contribution in [1.82, 2.24) is 5.32 Å². The topological polar surface area (TPSA) is 47.6 Å². The van der Waals surface area contributed by atoms with Gasteiger partial charge in [0.15, 0.2) is 0 Å². The Kier molecular flexibility index (Phi) is 5.57. The Morgan fingerprint density at radius 2 is 1.92 bits per heavy atom. The minimum absolute atomic E-state index is 0.00184. The molecule has 1 saturated heterocycles. The van der Waals surface area contributed by atoms with Crippen LogP contribution in [0.2, 0.25) is 0 Å². The predicted molar refractivity (Wildman–Crippen MR) is 101 cm³/mol. The summed E-state index contributed by atoms with van der Waals surface area (Å²) in [6.07, 6.45) is 3.03. The summed E-state index contributed by atoms with van der Waals surface area (Å²) in [6.45, 7) is 7.78. The molecule has 138 valence electrons. The van der Waals surface area contributed by atoms with Crippen LogP contribution in [0.15, 0.2) is 28.7 Å². The molecule has 1 saturated carbocycles. The lowest BCUT2D eigenvalue weighted by atomic mass is 9.70. The van der Waals surface area contributed by atoms with E-state index < -0.39 is 11.2 Å². The normalized spacial score (nSPS) is 29.3. The molecule has 2 aliphatic rings. The molecule has 1 heterocycles. The van der Waals surface area contributed by atoms with E-state index in [1.165, 1.54) is 0 Å². The molecule has 0 bridgehead atoms. The lowest BCUT2D eigenvalue weighted by Gasteiger charge is -2.42. The zero-order valence-corrected chi connectivity index (χ0v) is 16.9.